The lowest BCUT2D eigenvalue weighted by Gasteiger charge is -2.34. The van der Waals surface area contributed by atoms with Crippen molar-refractivity contribution in [3.05, 3.63) is 71.8 Å². The van der Waals surface area contributed by atoms with Gasteiger partial charge in [-0.05, 0) is 29.9 Å². The quantitative estimate of drug-likeness (QED) is 0.906. The molecule has 4 heteroatoms. The average molecular weight is 324 g/mol. The first-order chi connectivity index (χ1) is 11.7. The molecule has 0 spiro atoms. The number of benzene rings is 2. The van der Waals surface area contributed by atoms with Crippen molar-refractivity contribution in [1.29, 1.82) is 0 Å². The van der Waals surface area contributed by atoms with Gasteiger partial charge in [-0.2, -0.15) is 0 Å². The summed E-state index contributed by atoms with van der Waals surface area (Å²) in [6.07, 6.45) is 1.21. The molecule has 2 aromatic rings. The highest BCUT2D eigenvalue weighted by Gasteiger charge is 2.28. The van der Waals surface area contributed by atoms with Gasteiger partial charge in [0.1, 0.15) is 0 Å². The number of aliphatic hydroxyl groups excluding tert-OH is 1. The Morgan fingerprint density at radius 1 is 1.04 bits per heavy atom. The van der Waals surface area contributed by atoms with Crippen molar-refractivity contribution in [2.75, 3.05) is 13.1 Å². The molecule has 3 rings (SSSR count). The minimum Gasteiger partial charge on any atom is -0.388 e. The molecule has 1 heterocycles. The topological polar surface area (TPSA) is 52.6 Å². The molecule has 0 saturated carbocycles. The molecule has 1 saturated heterocycles. The van der Waals surface area contributed by atoms with Crippen LogP contribution in [0.3, 0.4) is 0 Å². The van der Waals surface area contributed by atoms with E-state index in [0.29, 0.717) is 19.6 Å². The van der Waals surface area contributed by atoms with Gasteiger partial charge in [0.2, 0.25) is 0 Å². The van der Waals surface area contributed by atoms with E-state index in [2.05, 4.69) is 5.32 Å². The van der Waals surface area contributed by atoms with Crippen LogP contribution in [0, 0.1) is 5.92 Å². The monoisotopic (exact) mass is 324 g/mol. The summed E-state index contributed by atoms with van der Waals surface area (Å²) < 4.78 is 0. The summed E-state index contributed by atoms with van der Waals surface area (Å²) >= 11 is 0. The Labute approximate surface area is 143 Å². The fraction of sp³-hybridized carbons (Fsp3) is 0.350. The van der Waals surface area contributed by atoms with Crippen LogP contribution in [0.15, 0.2) is 60.7 Å². The van der Waals surface area contributed by atoms with Crippen molar-refractivity contribution in [2.24, 2.45) is 5.92 Å². The molecule has 0 unspecified atom stereocenters. The lowest BCUT2D eigenvalue weighted by atomic mass is 9.87. The number of urea groups is 1. The first-order valence-electron chi connectivity index (χ1n) is 8.54. The van der Waals surface area contributed by atoms with E-state index in [-0.39, 0.29) is 11.9 Å². The van der Waals surface area contributed by atoms with Crippen molar-refractivity contribution < 1.29 is 9.90 Å². The van der Waals surface area contributed by atoms with Gasteiger partial charge in [-0.25, -0.2) is 4.79 Å². The van der Waals surface area contributed by atoms with Gasteiger partial charge < -0.3 is 15.3 Å². The molecule has 2 aromatic carbocycles. The molecule has 0 bridgehead atoms. The van der Waals surface area contributed by atoms with Crippen LogP contribution in [-0.2, 0) is 6.54 Å². The van der Waals surface area contributed by atoms with E-state index >= 15 is 0 Å². The summed E-state index contributed by atoms with van der Waals surface area (Å²) in [6, 6.07) is 19.7. The maximum atomic E-state index is 12.3. The normalized spacial score (nSPS) is 16.6. The van der Waals surface area contributed by atoms with E-state index < -0.39 is 6.10 Å². The van der Waals surface area contributed by atoms with Crippen LogP contribution in [0.4, 0.5) is 4.79 Å². The third kappa shape index (κ3) is 4.15. The molecule has 1 fully saturated rings. The minimum atomic E-state index is -0.444. The maximum Gasteiger partial charge on any atom is 0.317 e. The zero-order valence-electron chi connectivity index (χ0n) is 13.8. The Kier molecular flexibility index (Phi) is 5.49. The third-order valence-corrected chi connectivity index (χ3v) is 4.70. The Hall–Kier alpha value is -2.33. The first-order valence-corrected chi connectivity index (χ1v) is 8.54. The largest absolute Gasteiger partial charge is 0.388 e. The van der Waals surface area contributed by atoms with Crippen LogP contribution >= 0.6 is 0 Å². The highest BCUT2D eigenvalue weighted by atomic mass is 16.3. The Morgan fingerprint density at radius 3 is 2.25 bits per heavy atom. The second-order valence-corrected chi connectivity index (χ2v) is 6.32. The fourth-order valence-corrected chi connectivity index (χ4v) is 3.23. The molecule has 1 aliphatic heterocycles. The third-order valence-electron chi connectivity index (χ3n) is 4.70. The number of nitrogens with one attached hydrogen (secondary N) is 1. The number of hydrogen-bond acceptors (Lipinski definition) is 2. The number of carbonyl (C=O) groups is 1. The fourth-order valence-electron chi connectivity index (χ4n) is 3.23. The zero-order chi connectivity index (χ0) is 16.8. The number of hydrogen-bond donors (Lipinski definition) is 2. The molecule has 2 N–H and O–H groups in total. The number of aliphatic hydroxyl groups is 1. The second-order valence-electron chi connectivity index (χ2n) is 6.32. The maximum absolute atomic E-state index is 12.3. The highest BCUT2D eigenvalue weighted by molar-refractivity contribution is 5.74. The van der Waals surface area contributed by atoms with E-state index in [1.165, 1.54) is 0 Å². The van der Waals surface area contributed by atoms with Crippen molar-refractivity contribution in [1.82, 2.24) is 10.2 Å². The van der Waals surface area contributed by atoms with Crippen molar-refractivity contribution in [3.63, 3.8) is 0 Å². The molecule has 24 heavy (non-hydrogen) atoms. The van der Waals surface area contributed by atoms with E-state index in [1.54, 1.807) is 0 Å². The molecule has 2 amide bonds. The van der Waals surface area contributed by atoms with Crippen LogP contribution < -0.4 is 5.32 Å². The summed E-state index contributed by atoms with van der Waals surface area (Å²) in [5.74, 6) is 0.213. The van der Waals surface area contributed by atoms with Gasteiger partial charge in [-0.15, -0.1) is 0 Å². The van der Waals surface area contributed by atoms with E-state index in [9.17, 15) is 9.90 Å². The predicted molar refractivity (Wildman–Crippen MR) is 94.4 cm³/mol. The van der Waals surface area contributed by atoms with Crippen molar-refractivity contribution >= 4 is 6.03 Å². The molecular weight excluding hydrogens is 300 g/mol. The molecule has 1 atom stereocenters. The van der Waals surface area contributed by atoms with Gasteiger partial charge in [-0.3, -0.25) is 0 Å². The molecular formula is C20H24N2O2. The zero-order valence-corrected chi connectivity index (χ0v) is 13.8. The van der Waals surface area contributed by atoms with Gasteiger partial charge >= 0.3 is 6.03 Å². The smallest absolute Gasteiger partial charge is 0.317 e. The minimum absolute atomic E-state index is 0.0218. The van der Waals surface area contributed by atoms with Crippen LogP contribution in [0.2, 0.25) is 0 Å². The molecule has 1 aliphatic rings. The molecule has 0 aromatic heterocycles. The first kappa shape index (κ1) is 16.5. The Morgan fingerprint density at radius 2 is 1.62 bits per heavy atom. The van der Waals surface area contributed by atoms with Crippen molar-refractivity contribution in [3.8, 4) is 0 Å². The van der Waals surface area contributed by atoms with Crippen LogP contribution in [0.5, 0.6) is 0 Å². The van der Waals surface area contributed by atoms with Gasteiger partial charge in [0, 0.05) is 19.6 Å². The van der Waals surface area contributed by atoms with Gasteiger partial charge in [-0.1, -0.05) is 60.7 Å². The van der Waals surface area contributed by atoms with E-state index in [1.807, 2.05) is 65.6 Å². The van der Waals surface area contributed by atoms with Crippen LogP contribution in [0.25, 0.3) is 0 Å². The van der Waals surface area contributed by atoms with Crippen LogP contribution in [0.1, 0.15) is 30.1 Å². The van der Waals surface area contributed by atoms with Crippen LogP contribution in [-0.4, -0.2) is 29.1 Å². The van der Waals surface area contributed by atoms with Crippen molar-refractivity contribution in [2.45, 2.75) is 25.5 Å². The summed E-state index contributed by atoms with van der Waals surface area (Å²) in [5, 5.41) is 13.5. The number of piperidine rings is 1. The number of carbonyl (C=O) groups excluding carboxylic acids is 1. The number of rotatable bonds is 4. The predicted octanol–water partition coefficient (Wildman–Crippen LogP) is 3.34. The Bertz CT molecular complexity index is 637. The molecule has 0 radical (unpaired) electrons. The Balaban J connectivity index is 1.47. The van der Waals surface area contributed by atoms with E-state index in [0.717, 1.165) is 24.0 Å². The van der Waals surface area contributed by atoms with Gasteiger partial charge in [0.15, 0.2) is 0 Å². The lowest BCUT2D eigenvalue weighted by molar-refractivity contribution is 0.0665. The average Bonchev–Trinajstić information content (AvgIpc) is 2.67. The molecule has 4 nitrogen and oxygen atoms in total. The SMILES string of the molecule is O=C(NCc1ccccc1)N1CCC([C@@H](O)c2ccccc2)CC1. The molecule has 0 aliphatic carbocycles. The summed E-state index contributed by atoms with van der Waals surface area (Å²) in [6.45, 7) is 1.93. The van der Waals surface area contributed by atoms with Gasteiger partial charge in [0.05, 0.1) is 6.10 Å². The standard InChI is InChI=1S/C20H24N2O2/c23-19(17-9-5-2-6-10-17)18-11-13-22(14-12-18)20(24)21-15-16-7-3-1-4-8-16/h1-10,18-19,23H,11-15H2,(H,21,24)/t19-/m0/s1. The summed E-state index contributed by atoms with van der Waals surface area (Å²) in [5.41, 5.74) is 2.06. The number of likely N-dealkylation sites (tertiary alicyclic amines) is 1. The number of nitrogens with zero attached hydrogens (tertiary/aromatic N) is 1. The van der Waals surface area contributed by atoms with Gasteiger partial charge in [0.25, 0.3) is 0 Å². The number of amides is 2. The molecule has 126 valence electrons. The summed E-state index contributed by atoms with van der Waals surface area (Å²) in [4.78, 5) is 14.1. The highest BCUT2D eigenvalue weighted by Crippen LogP contribution is 2.30. The van der Waals surface area contributed by atoms with E-state index in [4.69, 9.17) is 0 Å². The second kappa shape index (κ2) is 7.97. The summed E-state index contributed by atoms with van der Waals surface area (Å²) in [7, 11) is 0. The lowest BCUT2D eigenvalue weighted by Crippen LogP contribution is -2.44.